The van der Waals surface area contributed by atoms with Crippen molar-refractivity contribution in [3.8, 4) is 0 Å². The van der Waals surface area contributed by atoms with Crippen LogP contribution in [0.5, 0.6) is 0 Å². The standard InChI is InChI=1S/C19H33F4N/c1-5-10(3)11(4)19-13(6-2)17(16(22)9-24-19)14-7-12(20)8-15(21)18(14)23/h10-19,24H,5-9H2,1-4H3. The molecule has 1 saturated carbocycles. The summed E-state index contributed by atoms with van der Waals surface area (Å²) < 4.78 is 57.0. The lowest BCUT2D eigenvalue weighted by Gasteiger charge is -2.49. The van der Waals surface area contributed by atoms with Gasteiger partial charge in [-0.3, -0.25) is 0 Å². The molecule has 24 heavy (non-hydrogen) atoms. The SMILES string of the molecule is CCC(C)C(C)C1NCC(F)C(C2CC(F)CC(F)C2F)C1CC. The molecule has 0 amide bonds. The highest BCUT2D eigenvalue weighted by atomic mass is 19.2. The van der Waals surface area contributed by atoms with Gasteiger partial charge in [0.1, 0.15) is 24.7 Å². The zero-order chi connectivity index (χ0) is 18.0. The first-order chi connectivity index (χ1) is 11.3. The van der Waals surface area contributed by atoms with Crippen molar-refractivity contribution in [2.75, 3.05) is 6.54 Å². The minimum absolute atomic E-state index is 0.0480. The molecule has 1 heterocycles. The van der Waals surface area contributed by atoms with E-state index in [0.717, 1.165) is 6.42 Å². The van der Waals surface area contributed by atoms with Gasteiger partial charge in [-0.25, -0.2) is 17.6 Å². The Kier molecular flexibility index (Phi) is 6.98. The van der Waals surface area contributed by atoms with Crippen LogP contribution in [0.15, 0.2) is 0 Å². The van der Waals surface area contributed by atoms with E-state index in [-0.39, 0.29) is 31.3 Å². The number of piperidine rings is 1. The number of hydrogen-bond donors (Lipinski definition) is 1. The fraction of sp³-hybridized carbons (Fsp3) is 1.00. The molecule has 0 radical (unpaired) electrons. The summed E-state index contributed by atoms with van der Waals surface area (Å²) in [6.07, 6.45) is -4.86. The molecule has 1 saturated heterocycles. The molecule has 0 aromatic heterocycles. The van der Waals surface area contributed by atoms with Gasteiger partial charge in [0.05, 0.1) is 0 Å². The van der Waals surface area contributed by atoms with Gasteiger partial charge >= 0.3 is 0 Å². The summed E-state index contributed by atoms with van der Waals surface area (Å²) in [5.74, 6) is -0.752. The van der Waals surface area contributed by atoms with Gasteiger partial charge < -0.3 is 5.32 Å². The second-order valence-electron chi connectivity index (χ2n) is 8.04. The van der Waals surface area contributed by atoms with Crippen LogP contribution in [0.1, 0.15) is 53.4 Å². The average molecular weight is 351 g/mol. The van der Waals surface area contributed by atoms with E-state index in [4.69, 9.17) is 0 Å². The molecule has 2 aliphatic rings. The first-order valence-electron chi connectivity index (χ1n) is 9.61. The van der Waals surface area contributed by atoms with Gasteiger partial charge in [0.2, 0.25) is 0 Å². The quantitative estimate of drug-likeness (QED) is 0.684. The van der Waals surface area contributed by atoms with Gasteiger partial charge in [0.15, 0.2) is 0 Å². The third kappa shape index (κ3) is 3.91. The van der Waals surface area contributed by atoms with Crippen LogP contribution in [-0.4, -0.2) is 37.3 Å². The van der Waals surface area contributed by atoms with Crippen LogP contribution in [0.25, 0.3) is 0 Å². The molecule has 10 unspecified atom stereocenters. The van der Waals surface area contributed by atoms with Crippen LogP contribution < -0.4 is 5.32 Å². The lowest BCUT2D eigenvalue weighted by atomic mass is 9.63. The zero-order valence-corrected chi connectivity index (χ0v) is 15.3. The van der Waals surface area contributed by atoms with Crippen molar-refractivity contribution in [3.05, 3.63) is 0 Å². The molecule has 0 aromatic rings. The summed E-state index contributed by atoms with van der Waals surface area (Å²) >= 11 is 0. The van der Waals surface area contributed by atoms with Crippen LogP contribution in [0, 0.1) is 29.6 Å². The van der Waals surface area contributed by atoms with E-state index in [1.165, 1.54) is 0 Å². The number of hydrogen-bond acceptors (Lipinski definition) is 1. The normalized spacial score (nSPS) is 46.5. The largest absolute Gasteiger partial charge is 0.311 e. The molecule has 1 N–H and O–H groups in total. The monoisotopic (exact) mass is 351 g/mol. The van der Waals surface area contributed by atoms with E-state index in [0.29, 0.717) is 18.3 Å². The summed E-state index contributed by atoms with van der Waals surface area (Å²) in [5, 5.41) is 3.31. The molecule has 1 aliphatic carbocycles. The Morgan fingerprint density at radius 2 is 1.67 bits per heavy atom. The molecule has 0 aromatic carbocycles. The van der Waals surface area contributed by atoms with Crippen molar-refractivity contribution < 1.29 is 17.6 Å². The van der Waals surface area contributed by atoms with Crippen molar-refractivity contribution in [3.63, 3.8) is 0 Å². The number of halogens is 4. The number of alkyl halides is 4. The fourth-order valence-corrected chi connectivity index (χ4v) is 4.99. The van der Waals surface area contributed by atoms with E-state index in [1.807, 2.05) is 6.92 Å². The lowest BCUT2D eigenvalue weighted by Crippen LogP contribution is -2.59. The first-order valence-corrected chi connectivity index (χ1v) is 9.61. The molecular formula is C19H33F4N. The summed E-state index contributed by atoms with van der Waals surface area (Å²) in [6, 6.07) is 0.0761. The zero-order valence-electron chi connectivity index (χ0n) is 15.3. The molecule has 142 valence electrons. The Morgan fingerprint density at radius 3 is 2.25 bits per heavy atom. The average Bonchev–Trinajstić information content (AvgIpc) is 2.56. The summed E-state index contributed by atoms with van der Waals surface area (Å²) in [5.41, 5.74) is 0. The first kappa shape index (κ1) is 20.0. The predicted octanol–water partition coefficient (Wildman–Crippen LogP) is 5.05. The second kappa shape index (κ2) is 8.37. The molecule has 0 spiro atoms. The number of rotatable bonds is 5. The van der Waals surface area contributed by atoms with Gasteiger partial charge in [-0.15, -0.1) is 0 Å². The smallest absolute Gasteiger partial charge is 0.135 e. The molecular weight excluding hydrogens is 318 g/mol. The topological polar surface area (TPSA) is 12.0 Å². The minimum Gasteiger partial charge on any atom is -0.311 e. The third-order valence-corrected chi connectivity index (χ3v) is 6.76. The Labute approximate surface area is 144 Å². The van der Waals surface area contributed by atoms with Crippen molar-refractivity contribution in [1.29, 1.82) is 0 Å². The van der Waals surface area contributed by atoms with Crippen molar-refractivity contribution >= 4 is 0 Å². The van der Waals surface area contributed by atoms with Gasteiger partial charge in [0, 0.05) is 30.8 Å². The molecule has 1 aliphatic heterocycles. The van der Waals surface area contributed by atoms with Crippen LogP contribution in [0.4, 0.5) is 17.6 Å². The molecule has 0 bridgehead atoms. The lowest BCUT2D eigenvalue weighted by molar-refractivity contribution is -0.0624. The van der Waals surface area contributed by atoms with Gasteiger partial charge in [-0.1, -0.05) is 40.5 Å². The van der Waals surface area contributed by atoms with Gasteiger partial charge in [-0.2, -0.15) is 0 Å². The maximum absolute atomic E-state index is 14.7. The van der Waals surface area contributed by atoms with Crippen LogP contribution in [0.3, 0.4) is 0 Å². The predicted molar refractivity (Wildman–Crippen MR) is 90.0 cm³/mol. The molecule has 1 nitrogen and oxygen atoms in total. The van der Waals surface area contributed by atoms with E-state index in [9.17, 15) is 17.6 Å². The van der Waals surface area contributed by atoms with Crippen LogP contribution >= 0.6 is 0 Å². The molecule has 2 fully saturated rings. The van der Waals surface area contributed by atoms with E-state index in [2.05, 4.69) is 26.1 Å². The van der Waals surface area contributed by atoms with Crippen molar-refractivity contribution in [1.82, 2.24) is 5.32 Å². The summed E-state index contributed by atoms with van der Waals surface area (Å²) in [6.45, 7) is 8.57. The molecule has 2 rings (SSSR count). The third-order valence-electron chi connectivity index (χ3n) is 6.76. The van der Waals surface area contributed by atoms with Gasteiger partial charge in [-0.05, 0) is 24.2 Å². The van der Waals surface area contributed by atoms with E-state index < -0.39 is 36.5 Å². The Balaban J connectivity index is 2.24. The second-order valence-corrected chi connectivity index (χ2v) is 8.04. The van der Waals surface area contributed by atoms with Crippen molar-refractivity contribution in [2.45, 2.75) is 84.1 Å². The minimum atomic E-state index is -1.80. The van der Waals surface area contributed by atoms with E-state index in [1.54, 1.807) is 0 Å². The summed E-state index contributed by atoms with van der Waals surface area (Å²) in [4.78, 5) is 0. The maximum atomic E-state index is 14.7. The highest BCUT2D eigenvalue weighted by molar-refractivity contribution is 5.01. The maximum Gasteiger partial charge on any atom is 0.135 e. The highest BCUT2D eigenvalue weighted by Gasteiger charge is 2.51. The van der Waals surface area contributed by atoms with Crippen LogP contribution in [0.2, 0.25) is 0 Å². The van der Waals surface area contributed by atoms with Gasteiger partial charge in [0.25, 0.3) is 0 Å². The Morgan fingerprint density at radius 1 is 1.00 bits per heavy atom. The van der Waals surface area contributed by atoms with Crippen molar-refractivity contribution in [2.24, 2.45) is 29.6 Å². The Hall–Kier alpha value is -0.320. The van der Waals surface area contributed by atoms with Crippen LogP contribution in [-0.2, 0) is 0 Å². The molecule has 10 atom stereocenters. The molecule has 5 heteroatoms. The number of nitrogens with one attached hydrogen (secondary N) is 1. The highest BCUT2D eigenvalue weighted by Crippen LogP contribution is 2.45. The fourth-order valence-electron chi connectivity index (χ4n) is 4.99. The summed E-state index contributed by atoms with van der Waals surface area (Å²) in [7, 11) is 0. The van der Waals surface area contributed by atoms with E-state index >= 15 is 0 Å². The Bertz CT molecular complexity index is 394.